The molecule has 1 unspecified atom stereocenters. The number of halogens is 3. The van der Waals surface area contributed by atoms with Crippen LogP contribution in [0.5, 0.6) is 0 Å². The lowest BCUT2D eigenvalue weighted by atomic mass is 10.0. The monoisotopic (exact) mass is 248 g/mol. The van der Waals surface area contributed by atoms with E-state index in [1.807, 2.05) is 0 Å². The van der Waals surface area contributed by atoms with Crippen molar-refractivity contribution in [3.05, 3.63) is 35.4 Å². The van der Waals surface area contributed by atoms with Crippen molar-refractivity contribution in [2.24, 2.45) is 0 Å². The van der Waals surface area contributed by atoms with Gasteiger partial charge in [-0.3, -0.25) is 0 Å². The van der Waals surface area contributed by atoms with Crippen molar-refractivity contribution in [3.63, 3.8) is 0 Å². The summed E-state index contributed by atoms with van der Waals surface area (Å²) in [6.45, 7) is 0.443. The van der Waals surface area contributed by atoms with E-state index in [-0.39, 0.29) is 6.42 Å². The predicted molar refractivity (Wildman–Crippen MR) is 57.4 cm³/mol. The van der Waals surface area contributed by atoms with E-state index in [0.717, 1.165) is 5.56 Å². The van der Waals surface area contributed by atoms with Crippen LogP contribution in [0.4, 0.5) is 13.2 Å². The van der Waals surface area contributed by atoms with Gasteiger partial charge in [-0.2, -0.15) is 13.2 Å². The zero-order chi connectivity index (χ0) is 12.9. The Morgan fingerprint density at radius 2 is 1.82 bits per heavy atom. The SMILES string of the molecule is COCc1ccc(C(O)CCC(F)(F)F)cc1. The van der Waals surface area contributed by atoms with Gasteiger partial charge in [0.2, 0.25) is 0 Å². The third-order valence-corrected chi connectivity index (χ3v) is 2.38. The van der Waals surface area contributed by atoms with Crippen LogP contribution in [0.1, 0.15) is 30.1 Å². The topological polar surface area (TPSA) is 29.5 Å². The molecule has 0 heterocycles. The Labute approximate surface area is 98.0 Å². The van der Waals surface area contributed by atoms with Crippen molar-refractivity contribution in [2.75, 3.05) is 7.11 Å². The van der Waals surface area contributed by atoms with E-state index < -0.39 is 18.7 Å². The maximum atomic E-state index is 12.0. The molecule has 1 aromatic carbocycles. The molecule has 0 saturated carbocycles. The summed E-state index contributed by atoms with van der Waals surface area (Å²) in [5.74, 6) is 0. The molecule has 1 aromatic rings. The summed E-state index contributed by atoms with van der Waals surface area (Å²) in [4.78, 5) is 0. The van der Waals surface area contributed by atoms with E-state index in [0.29, 0.717) is 12.2 Å². The zero-order valence-electron chi connectivity index (χ0n) is 9.50. The minimum absolute atomic E-state index is 0.312. The molecule has 0 saturated heterocycles. The number of ether oxygens (including phenoxy) is 1. The summed E-state index contributed by atoms with van der Waals surface area (Å²) in [6.07, 6.45) is -6.59. The van der Waals surface area contributed by atoms with Gasteiger partial charge in [-0.25, -0.2) is 0 Å². The molecule has 0 spiro atoms. The quantitative estimate of drug-likeness (QED) is 0.867. The van der Waals surface area contributed by atoms with E-state index in [1.54, 1.807) is 31.4 Å². The molecule has 5 heteroatoms. The second-order valence-corrected chi connectivity index (χ2v) is 3.84. The van der Waals surface area contributed by atoms with Gasteiger partial charge in [0.1, 0.15) is 0 Å². The van der Waals surface area contributed by atoms with Gasteiger partial charge in [-0.05, 0) is 17.5 Å². The van der Waals surface area contributed by atoms with Crippen LogP contribution in [0.2, 0.25) is 0 Å². The van der Waals surface area contributed by atoms with Crippen molar-refractivity contribution >= 4 is 0 Å². The molecule has 0 fully saturated rings. The standard InChI is InChI=1S/C12H15F3O2/c1-17-8-9-2-4-10(5-3-9)11(16)6-7-12(13,14)15/h2-5,11,16H,6-8H2,1H3. The number of hydrogen-bond donors (Lipinski definition) is 1. The Morgan fingerprint density at radius 1 is 1.24 bits per heavy atom. The summed E-state index contributed by atoms with van der Waals surface area (Å²) in [5.41, 5.74) is 1.41. The molecule has 1 rings (SSSR count). The first-order valence-electron chi connectivity index (χ1n) is 5.25. The summed E-state index contributed by atoms with van der Waals surface area (Å²) in [6, 6.07) is 6.70. The van der Waals surface area contributed by atoms with Crippen molar-refractivity contribution < 1.29 is 23.0 Å². The highest BCUT2D eigenvalue weighted by atomic mass is 19.4. The molecule has 0 bridgehead atoms. The largest absolute Gasteiger partial charge is 0.389 e. The number of alkyl halides is 3. The third-order valence-electron chi connectivity index (χ3n) is 2.38. The molecular formula is C12H15F3O2. The molecule has 17 heavy (non-hydrogen) atoms. The van der Waals surface area contributed by atoms with Crippen LogP contribution < -0.4 is 0 Å². The van der Waals surface area contributed by atoms with Gasteiger partial charge in [0, 0.05) is 13.5 Å². The smallest absolute Gasteiger partial charge is 0.388 e. The lowest BCUT2D eigenvalue weighted by molar-refractivity contribution is -0.140. The average molecular weight is 248 g/mol. The van der Waals surface area contributed by atoms with E-state index >= 15 is 0 Å². The minimum Gasteiger partial charge on any atom is -0.388 e. The molecule has 1 N–H and O–H groups in total. The van der Waals surface area contributed by atoms with Crippen LogP contribution in [0.25, 0.3) is 0 Å². The Bertz CT molecular complexity index is 333. The first-order chi connectivity index (χ1) is 7.92. The summed E-state index contributed by atoms with van der Waals surface area (Å²) in [7, 11) is 1.56. The number of methoxy groups -OCH3 is 1. The zero-order valence-corrected chi connectivity index (χ0v) is 9.50. The lowest BCUT2D eigenvalue weighted by Gasteiger charge is -2.13. The minimum atomic E-state index is -4.23. The van der Waals surface area contributed by atoms with Crippen molar-refractivity contribution in [1.82, 2.24) is 0 Å². The van der Waals surface area contributed by atoms with Crippen LogP contribution in [0.15, 0.2) is 24.3 Å². The third kappa shape index (κ3) is 5.19. The molecule has 0 aliphatic heterocycles. The number of hydrogen-bond acceptors (Lipinski definition) is 2. The maximum Gasteiger partial charge on any atom is 0.389 e. The Kier molecular flexibility index (Phi) is 4.96. The first-order valence-corrected chi connectivity index (χ1v) is 5.25. The highest BCUT2D eigenvalue weighted by molar-refractivity contribution is 5.23. The van der Waals surface area contributed by atoms with Crippen LogP contribution in [0.3, 0.4) is 0 Å². The van der Waals surface area contributed by atoms with E-state index in [4.69, 9.17) is 4.74 Å². The summed E-state index contributed by atoms with van der Waals surface area (Å²) >= 11 is 0. The van der Waals surface area contributed by atoms with Crippen LogP contribution >= 0.6 is 0 Å². The molecule has 2 nitrogen and oxygen atoms in total. The van der Waals surface area contributed by atoms with Gasteiger partial charge < -0.3 is 9.84 Å². The molecule has 0 radical (unpaired) electrons. The van der Waals surface area contributed by atoms with Crippen molar-refractivity contribution in [3.8, 4) is 0 Å². The highest BCUT2D eigenvalue weighted by Gasteiger charge is 2.28. The number of aliphatic hydroxyl groups excluding tert-OH is 1. The Hall–Kier alpha value is -1.07. The fraction of sp³-hybridized carbons (Fsp3) is 0.500. The predicted octanol–water partition coefficient (Wildman–Crippen LogP) is 3.21. The molecule has 0 aliphatic carbocycles. The van der Waals surface area contributed by atoms with Crippen LogP contribution in [-0.4, -0.2) is 18.4 Å². The molecule has 0 aliphatic rings. The second kappa shape index (κ2) is 6.02. The first kappa shape index (κ1) is 14.0. The second-order valence-electron chi connectivity index (χ2n) is 3.84. The molecule has 0 aromatic heterocycles. The number of benzene rings is 1. The Balaban J connectivity index is 2.54. The van der Waals surface area contributed by atoms with Gasteiger partial charge in [0.25, 0.3) is 0 Å². The number of aliphatic hydroxyl groups is 1. The van der Waals surface area contributed by atoms with Crippen molar-refractivity contribution in [1.29, 1.82) is 0 Å². The van der Waals surface area contributed by atoms with Crippen molar-refractivity contribution in [2.45, 2.75) is 31.7 Å². The maximum absolute atomic E-state index is 12.0. The normalized spacial score (nSPS) is 13.7. The van der Waals surface area contributed by atoms with Gasteiger partial charge >= 0.3 is 6.18 Å². The van der Waals surface area contributed by atoms with Crippen LogP contribution in [-0.2, 0) is 11.3 Å². The fourth-order valence-corrected chi connectivity index (χ4v) is 1.47. The average Bonchev–Trinajstić information content (AvgIpc) is 2.26. The summed E-state index contributed by atoms with van der Waals surface area (Å²) < 4.78 is 40.8. The van der Waals surface area contributed by atoms with E-state index in [9.17, 15) is 18.3 Å². The number of rotatable bonds is 5. The summed E-state index contributed by atoms with van der Waals surface area (Å²) in [5, 5.41) is 9.57. The lowest BCUT2D eigenvalue weighted by Crippen LogP contribution is -2.10. The fourth-order valence-electron chi connectivity index (χ4n) is 1.47. The molecule has 1 atom stereocenters. The van der Waals surface area contributed by atoms with E-state index in [2.05, 4.69) is 0 Å². The van der Waals surface area contributed by atoms with Gasteiger partial charge in [0.05, 0.1) is 12.7 Å². The Morgan fingerprint density at radius 3 is 2.29 bits per heavy atom. The van der Waals surface area contributed by atoms with E-state index in [1.165, 1.54) is 0 Å². The van der Waals surface area contributed by atoms with Gasteiger partial charge in [-0.15, -0.1) is 0 Å². The van der Waals surface area contributed by atoms with Crippen LogP contribution in [0, 0.1) is 0 Å². The van der Waals surface area contributed by atoms with Gasteiger partial charge in [0.15, 0.2) is 0 Å². The molecular weight excluding hydrogens is 233 g/mol. The van der Waals surface area contributed by atoms with Gasteiger partial charge in [-0.1, -0.05) is 24.3 Å². The highest BCUT2D eigenvalue weighted by Crippen LogP contribution is 2.27. The molecule has 96 valence electrons. The molecule has 0 amide bonds.